The van der Waals surface area contributed by atoms with Gasteiger partial charge in [-0.15, -0.1) is 0 Å². The zero-order valence-electron chi connectivity index (χ0n) is 10.6. The molecule has 1 aliphatic rings. The number of carbonyl (C=O) groups excluding carboxylic acids is 1. The van der Waals surface area contributed by atoms with Gasteiger partial charge < -0.3 is 10.6 Å². The number of amides is 1. The van der Waals surface area contributed by atoms with Crippen molar-refractivity contribution in [2.75, 3.05) is 6.54 Å². The van der Waals surface area contributed by atoms with E-state index in [1.165, 1.54) is 6.42 Å². The Morgan fingerprint density at radius 3 is 2.72 bits per heavy atom. The summed E-state index contributed by atoms with van der Waals surface area (Å²) < 4.78 is 1.05. The van der Waals surface area contributed by atoms with Gasteiger partial charge in [-0.3, -0.25) is 4.79 Å². The van der Waals surface area contributed by atoms with Gasteiger partial charge in [0.25, 0.3) is 0 Å². The van der Waals surface area contributed by atoms with Gasteiger partial charge in [0.05, 0.1) is 12.1 Å². The molecule has 4 heteroatoms. The van der Waals surface area contributed by atoms with E-state index in [0.717, 1.165) is 29.4 Å². The molecule has 0 spiro atoms. The van der Waals surface area contributed by atoms with Crippen LogP contribution in [0.15, 0.2) is 28.7 Å². The number of hydrogen-bond donors (Lipinski definition) is 2. The lowest BCUT2D eigenvalue weighted by Gasteiger charge is -2.24. The van der Waals surface area contributed by atoms with Gasteiger partial charge in [-0.25, -0.2) is 0 Å². The lowest BCUT2D eigenvalue weighted by molar-refractivity contribution is -0.124. The lowest BCUT2D eigenvalue weighted by atomic mass is 10.0. The van der Waals surface area contributed by atoms with E-state index in [9.17, 15) is 4.79 Å². The highest BCUT2D eigenvalue weighted by atomic mass is 79.9. The van der Waals surface area contributed by atoms with E-state index >= 15 is 0 Å². The molecular weight excluding hydrogens is 292 g/mol. The van der Waals surface area contributed by atoms with Crippen LogP contribution >= 0.6 is 15.9 Å². The molecule has 0 aliphatic carbocycles. The Morgan fingerprint density at radius 1 is 1.39 bits per heavy atom. The Labute approximate surface area is 116 Å². The third-order valence-corrected chi connectivity index (χ3v) is 3.88. The number of piperidine rings is 1. The normalized spacial score (nSPS) is 21.3. The van der Waals surface area contributed by atoms with Gasteiger partial charge >= 0.3 is 0 Å². The fourth-order valence-corrected chi connectivity index (χ4v) is 2.49. The van der Waals surface area contributed by atoms with Gasteiger partial charge in [-0.1, -0.05) is 34.5 Å². The highest BCUT2D eigenvalue weighted by molar-refractivity contribution is 9.10. The summed E-state index contributed by atoms with van der Waals surface area (Å²) in [6, 6.07) is 8.09. The molecule has 0 unspecified atom stereocenters. The van der Waals surface area contributed by atoms with Gasteiger partial charge in [0.15, 0.2) is 0 Å². The molecule has 0 aromatic heterocycles. The maximum absolute atomic E-state index is 12.1. The minimum atomic E-state index is -0.0170. The van der Waals surface area contributed by atoms with E-state index in [-0.39, 0.29) is 18.0 Å². The van der Waals surface area contributed by atoms with Crippen molar-refractivity contribution in [2.24, 2.45) is 0 Å². The molecule has 1 aliphatic heterocycles. The van der Waals surface area contributed by atoms with Crippen LogP contribution in [0, 0.1) is 0 Å². The van der Waals surface area contributed by atoms with Gasteiger partial charge in [0.1, 0.15) is 0 Å². The van der Waals surface area contributed by atoms with Crippen LogP contribution in [-0.2, 0) is 4.79 Å². The van der Waals surface area contributed by atoms with Crippen LogP contribution in [0.25, 0.3) is 0 Å². The van der Waals surface area contributed by atoms with Gasteiger partial charge in [0.2, 0.25) is 5.91 Å². The fraction of sp³-hybridized carbons (Fsp3) is 0.500. The third-order valence-electron chi connectivity index (χ3n) is 3.36. The van der Waals surface area contributed by atoms with E-state index in [1.807, 2.05) is 31.2 Å². The minimum Gasteiger partial charge on any atom is -0.348 e. The molecule has 98 valence electrons. The summed E-state index contributed by atoms with van der Waals surface area (Å²) in [6.45, 7) is 2.97. The van der Waals surface area contributed by atoms with Crippen LogP contribution < -0.4 is 10.6 Å². The first-order chi connectivity index (χ1) is 8.66. The maximum atomic E-state index is 12.1. The van der Waals surface area contributed by atoms with Crippen LogP contribution in [0.2, 0.25) is 0 Å². The summed E-state index contributed by atoms with van der Waals surface area (Å²) >= 11 is 3.41. The summed E-state index contributed by atoms with van der Waals surface area (Å²) in [7, 11) is 0. The van der Waals surface area contributed by atoms with Crippen molar-refractivity contribution in [3.63, 3.8) is 0 Å². The molecule has 2 N–H and O–H groups in total. The Hall–Kier alpha value is -0.870. The van der Waals surface area contributed by atoms with Crippen molar-refractivity contribution < 1.29 is 4.79 Å². The molecule has 2 rings (SSSR count). The average Bonchev–Trinajstić information content (AvgIpc) is 2.40. The van der Waals surface area contributed by atoms with Crippen molar-refractivity contribution in [2.45, 2.75) is 38.3 Å². The van der Waals surface area contributed by atoms with Crippen molar-refractivity contribution in [3.8, 4) is 0 Å². The highest BCUT2D eigenvalue weighted by Gasteiger charge is 2.21. The first-order valence-electron chi connectivity index (χ1n) is 6.46. The predicted molar refractivity (Wildman–Crippen MR) is 76.3 cm³/mol. The first kappa shape index (κ1) is 13.6. The SMILES string of the molecule is C[C@@H](NC(=O)[C@@H]1CCCCN1)c1ccc(Br)cc1. The predicted octanol–water partition coefficient (Wildman–Crippen LogP) is 2.77. The molecule has 3 nitrogen and oxygen atoms in total. The van der Waals surface area contributed by atoms with E-state index in [2.05, 4.69) is 26.6 Å². The second-order valence-corrected chi connectivity index (χ2v) is 5.70. The molecule has 1 aromatic rings. The smallest absolute Gasteiger partial charge is 0.237 e. The Bertz CT molecular complexity index is 399. The van der Waals surface area contributed by atoms with Crippen LogP contribution in [0.4, 0.5) is 0 Å². The zero-order chi connectivity index (χ0) is 13.0. The standard InChI is InChI=1S/C14H19BrN2O/c1-10(11-5-7-12(15)8-6-11)17-14(18)13-4-2-3-9-16-13/h5-8,10,13,16H,2-4,9H2,1H3,(H,17,18)/t10-,13+/m1/s1. The third kappa shape index (κ3) is 3.56. The number of hydrogen-bond acceptors (Lipinski definition) is 2. The maximum Gasteiger partial charge on any atom is 0.237 e. The van der Waals surface area contributed by atoms with Crippen LogP contribution in [0.1, 0.15) is 37.8 Å². The molecule has 1 fully saturated rings. The van der Waals surface area contributed by atoms with E-state index in [4.69, 9.17) is 0 Å². The van der Waals surface area contributed by atoms with Gasteiger partial charge in [0, 0.05) is 4.47 Å². The molecule has 1 heterocycles. The number of benzene rings is 1. The largest absolute Gasteiger partial charge is 0.348 e. The monoisotopic (exact) mass is 310 g/mol. The Balaban J connectivity index is 1.91. The molecule has 0 saturated carbocycles. The van der Waals surface area contributed by atoms with Crippen LogP contribution in [0.3, 0.4) is 0 Å². The molecule has 1 saturated heterocycles. The summed E-state index contributed by atoms with van der Waals surface area (Å²) in [4.78, 5) is 12.1. The van der Waals surface area contributed by atoms with Crippen LogP contribution in [-0.4, -0.2) is 18.5 Å². The summed E-state index contributed by atoms with van der Waals surface area (Å²) in [5, 5.41) is 6.33. The van der Waals surface area contributed by atoms with Gasteiger partial charge in [-0.2, -0.15) is 0 Å². The quantitative estimate of drug-likeness (QED) is 0.901. The number of carbonyl (C=O) groups is 1. The summed E-state index contributed by atoms with van der Waals surface area (Å²) in [5.74, 6) is 0.116. The molecule has 2 atom stereocenters. The van der Waals surface area contributed by atoms with Crippen molar-refractivity contribution in [3.05, 3.63) is 34.3 Å². The lowest BCUT2D eigenvalue weighted by Crippen LogP contribution is -2.47. The molecule has 1 amide bonds. The highest BCUT2D eigenvalue weighted by Crippen LogP contribution is 2.17. The van der Waals surface area contributed by atoms with Crippen molar-refractivity contribution >= 4 is 21.8 Å². The Kier molecular flexibility index (Phi) is 4.78. The van der Waals surface area contributed by atoms with Crippen molar-refractivity contribution in [1.82, 2.24) is 10.6 Å². The molecule has 18 heavy (non-hydrogen) atoms. The fourth-order valence-electron chi connectivity index (χ4n) is 2.22. The van der Waals surface area contributed by atoms with E-state index in [0.29, 0.717) is 0 Å². The average molecular weight is 311 g/mol. The van der Waals surface area contributed by atoms with Crippen LogP contribution in [0.5, 0.6) is 0 Å². The van der Waals surface area contributed by atoms with E-state index in [1.54, 1.807) is 0 Å². The second kappa shape index (κ2) is 6.34. The summed E-state index contributed by atoms with van der Waals surface area (Å²) in [5.41, 5.74) is 1.13. The molecule has 1 aromatic carbocycles. The molecular formula is C14H19BrN2O. The van der Waals surface area contributed by atoms with Crippen molar-refractivity contribution in [1.29, 1.82) is 0 Å². The second-order valence-electron chi connectivity index (χ2n) is 4.78. The van der Waals surface area contributed by atoms with E-state index < -0.39 is 0 Å². The number of rotatable bonds is 3. The first-order valence-corrected chi connectivity index (χ1v) is 7.25. The number of nitrogens with one attached hydrogen (secondary N) is 2. The molecule has 0 radical (unpaired) electrons. The Morgan fingerprint density at radius 2 is 2.11 bits per heavy atom. The topological polar surface area (TPSA) is 41.1 Å². The molecule has 0 bridgehead atoms. The summed E-state index contributed by atoms with van der Waals surface area (Å²) in [6.07, 6.45) is 3.25. The van der Waals surface area contributed by atoms with Gasteiger partial charge in [-0.05, 0) is 44.0 Å². The number of halogens is 1. The zero-order valence-corrected chi connectivity index (χ0v) is 12.2. The minimum absolute atomic E-state index is 0.0170.